The highest BCUT2D eigenvalue weighted by Crippen LogP contribution is 2.21. The maximum Gasteiger partial charge on any atom is 0.317 e. The molecule has 6 nitrogen and oxygen atoms in total. The van der Waals surface area contributed by atoms with Crippen molar-refractivity contribution >= 4 is 12.0 Å². The molecule has 6 heteroatoms. The second-order valence-electron chi connectivity index (χ2n) is 5.37. The molecule has 0 aromatic rings. The lowest BCUT2D eigenvalue weighted by Crippen LogP contribution is -2.45. The quantitative estimate of drug-likeness (QED) is 0.629. The summed E-state index contributed by atoms with van der Waals surface area (Å²) in [6, 6.07) is 0.00407. The monoisotopic (exact) mass is 286 g/mol. The lowest BCUT2D eigenvalue weighted by atomic mass is 10.0. The fraction of sp³-hybridized carbons (Fsp3) is 0.857. The van der Waals surface area contributed by atoms with Gasteiger partial charge in [-0.25, -0.2) is 4.79 Å². The smallest absolute Gasteiger partial charge is 0.317 e. The fourth-order valence-corrected chi connectivity index (χ4v) is 2.70. The van der Waals surface area contributed by atoms with Crippen LogP contribution in [0.2, 0.25) is 0 Å². The van der Waals surface area contributed by atoms with Gasteiger partial charge >= 0.3 is 12.0 Å². The van der Waals surface area contributed by atoms with Crippen molar-refractivity contribution in [2.75, 3.05) is 19.7 Å². The van der Waals surface area contributed by atoms with Crippen LogP contribution in [0.25, 0.3) is 0 Å². The first kappa shape index (κ1) is 16.8. The van der Waals surface area contributed by atoms with E-state index in [1.165, 1.54) is 0 Å². The number of nitrogens with one attached hydrogen (secondary N) is 1. The van der Waals surface area contributed by atoms with Crippen LogP contribution in [-0.4, -0.2) is 52.9 Å². The van der Waals surface area contributed by atoms with E-state index < -0.39 is 11.9 Å². The highest BCUT2D eigenvalue weighted by molar-refractivity contribution is 5.76. The summed E-state index contributed by atoms with van der Waals surface area (Å²) in [5, 5.41) is 20.7. The number of rotatable bonds is 8. The molecule has 0 radical (unpaired) electrons. The van der Waals surface area contributed by atoms with Gasteiger partial charge in [-0.3, -0.25) is 4.79 Å². The number of carboxylic acids is 1. The molecule has 3 N–H and O–H groups in total. The summed E-state index contributed by atoms with van der Waals surface area (Å²) in [6.45, 7) is 2.98. The normalized spacial score (nSPS) is 19.9. The maximum absolute atomic E-state index is 12.1. The van der Waals surface area contributed by atoms with E-state index in [1.54, 1.807) is 4.90 Å². The van der Waals surface area contributed by atoms with Gasteiger partial charge in [0.2, 0.25) is 0 Å². The third-order valence-electron chi connectivity index (χ3n) is 3.82. The van der Waals surface area contributed by atoms with Gasteiger partial charge in [-0.1, -0.05) is 13.3 Å². The van der Waals surface area contributed by atoms with Crippen molar-refractivity contribution in [2.45, 2.75) is 51.5 Å². The van der Waals surface area contributed by atoms with Gasteiger partial charge in [0.05, 0.1) is 5.92 Å². The molecule has 2 unspecified atom stereocenters. The molecule has 2 atom stereocenters. The second kappa shape index (κ2) is 8.79. The standard InChI is InChI=1S/C14H26N2O4/c1-2-5-11(13(18)19)10-15-14(20)16-8-3-6-12(16)7-4-9-17/h11-12,17H,2-10H2,1H3,(H,15,20)(H,18,19). The molecule has 0 aromatic carbocycles. The topological polar surface area (TPSA) is 89.9 Å². The average Bonchev–Trinajstić information content (AvgIpc) is 2.88. The molecule has 0 bridgehead atoms. The van der Waals surface area contributed by atoms with Crippen LogP contribution < -0.4 is 5.32 Å². The largest absolute Gasteiger partial charge is 0.481 e. The number of hydrogen-bond donors (Lipinski definition) is 3. The van der Waals surface area contributed by atoms with Crippen molar-refractivity contribution in [3.63, 3.8) is 0 Å². The zero-order valence-corrected chi connectivity index (χ0v) is 12.2. The number of amides is 2. The van der Waals surface area contributed by atoms with Crippen molar-refractivity contribution in [2.24, 2.45) is 5.92 Å². The zero-order valence-electron chi connectivity index (χ0n) is 12.2. The SMILES string of the molecule is CCCC(CNC(=O)N1CCCC1CCCO)C(=O)O. The third kappa shape index (κ3) is 5.00. The Bertz CT molecular complexity index is 322. The van der Waals surface area contributed by atoms with Crippen LogP contribution >= 0.6 is 0 Å². The molecule has 0 saturated carbocycles. The summed E-state index contributed by atoms with van der Waals surface area (Å²) in [4.78, 5) is 24.9. The third-order valence-corrected chi connectivity index (χ3v) is 3.82. The first-order chi connectivity index (χ1) is 9.60. The van der Waals surface area contributed by atoms with Crippen LogP contribution in [0.3, 0.4) is 0 Å². The molecule has 1 aliphatic rings. The first-order valence-corrected chi connectivity index (χ1v) is 7.48. The van der Waals surface area contributed by atoms with Crippen molar-refractivity contribution in [1.29, 1.82) is 0 Å². The molecule has 1 saturated heterocycles. The molecule has 0 spiro atoms. The summed E-state index contributed by atoms with van der Waals surface area (Å²) >= 11 is 0. The molecule has 0 aliphatic carbocycles. The minimum atomic E-state index is -0.856. The van der Waals surface area contributed by atoms with Crippen LogP contribution in [0, 0.1) is 5.92 Å². The number of carboxylic acid groups (broad SMARTS) is 1. The Morgan fingerprint density at radius 2 is 2.20 bits per heavy atom. The van der Waals surface area contributed by atoms with E-state index in [0.717, 1.165) is 25.7 Å². The predicted octanol–water partition coefficient (Wildman–Crippen LogP) is 1.43. The summed E-state index contributed by atoms with van der Waals surface area (Å²) in [5.74, 6) is -1.37. The summed E-state index contributed by atoms with van der Waals surface area (Å²) in [7, 11) is 0. The molecule has 1 rings (SSSR count). The fourth-order valence-electron chi connectivity index (χ4n) is 2.70. The number of likely N-dealkylation sites (tertiary alicyclic amines) is 1. The number of aliphatic hydroxyl groups is 1. The zero-order chi connectivity index (χ0) is 15.0. The van der Waals surface area contributed by atoms with Gasteiger partial charge in [-0.05, 0) is 32.1 Å². The molecular weight excluding hydrogens is 260 g/mol. The Hall–Kier alpha value is -1.30. The number of carbonyl (C=O) groups excluding carboxylic acids is 1. The van der Waals surface area contributed by atoms with E-state index in [4.69, 9.17) is 10.2 Å². The molecule has 1 heterocycles. The Morgan fingerprint density at radius 1 is 1.45 bits per heavy atom. The number of aliphatic hydroxyl groups excluding tert-OH is 1. The van der Waals surface area contributed by atoms with Gasteiger partial charge in [0.25, 0.3) is 0 Å². The number of nitrogens with zero attached hydrogens (tertiary/aromatic N) is 1. The Morgan fingerprint density at radius 3 is 2.80 bits per heavy atom. The van der Waals surface area contributed by atoms with Gasteiger partial charge in [0.1, 0.15) is 0 Å². The summed E-state index contributed by atoms with van der Waals surface area (Å²) < 4.78 is 0. The molecule has 0 aromatic heterocycles. The molecule has 116 valence electrons. The minimum Gasteiger partial charge on any atom is -0.481 e. The molecule has 1 fully saturated rings. The van der Waals surface area contributed by atoms with Gasteiger partial charge in [0.15, 0.2) is 0 Å². The molecule has 2 amide bonds. The van der Waals surface area contributed by atoms with Crippen LogP contribution in [-0.2, 0) is 4.79 Å². The summed E-state index contributed by atoms with van der Waals surface area (Å²) in [5.41, 5.74) is 0. The van der Waals surface area contributed by atoms with Crippen molar-refractivity contribution in [1.82, 2.24) is 10.2 Å². The average molecular weight is 286 g/mol. The minimum absolute atomic E-state index is 0.142. The Balaban J connectivity index is 2.42. The van der Waals surface area contributed by atoms with Crippen LogP contribution in [0.5, 0.6) is 0 Å². The number of urea groups is 1. The van der Waals surface area contributed by atoms with Crippen LogP contribution in [0.15, 0.2) is 0 Å². The van der Waals surface area contributed by atoms with Crippen molar-refractivity contribution < 1.29 is 19.8 Å². The lowest BCUT2D eigenvalue weighted by molar-refractivity contribution is -0.141. The molecule has 1 aliphatic heterocycles. The highest BCUT2D eigenvalue weighted by atomic mass is 16.4. The Kier molecular flexibility index (Phi) is 7.36. The van der Waals surface area contributed by atoms with Crippen molar-refractivity contribution in [3.05, 3.63) is 0 Å². The highest BCUT2D eigenvalue weighted by Gasteiger charge is 2.28. The van der Waals surface area contributed by atoms with E-state index in [9.17, 15) is 9.59 Å². The Labute approximate surface area is 120 Å². The number of aliphatic carboxylic acids is 1. The van der Waals surface area contributed by atoms with E-state index in [0.29, 0.717) is 19.4 Å². The maximum atomic E-state index is 12.1. The predicted molar refractivity (Wildman–Crippen MR) is 75.5 cm³/mol. The van der Waals surface area contributed by atoms with E-state index in [1.807, 2.05) is 6.92 Å². The molecule has 20 heavy (non-hydrogen) atoms. The van der Waals surface area contributed by atoms with Gasteiger partial charge in [-0.2, -0.15) is 0 Å². The van der Waals surface area contributed by atoms with Crippen LogP contribution in [0.4, 0.5) is 4.79 Å². The van der Waals surface area contributed by atoms with Gasteiger partial charge in [0, 0.05) is 25.7 Å². The molecular formula is C14H26N2O4. The van der Waals surface area contributed by atoms with Gasteiger partial charge in [-0.15, -0.1) is 0 Å². The first-order valence-electron chi connectivity index (χ1n) is 7.48. The van der Waals surface area contributed by atoms with Gasteiger partial charge < -0.3 is 20.4 Å². The van der Waals surface area contributed by atoms with E-state index >= 15 is 0 Å². The van der Waals surface area contributed by atoms with Crippen molar-refractivity contribution in [3.8, 4) is 0 Å². The van der Waals surface area contributed by atoms with E-state index in [-0.39, 0.29) is 25.2 Å². The lowest BCUT2D eigenvalue weighted by Gasteiger charge is -2.25. The number of carbonyl (C=O) groups is 2. The second-order valence-corrected chi connectivity index (χ2v) is 5.37. The van der Waals surface area contributed by atoms with E-state index in [2.05, 4.69) is 5.32 Å². The van der Waals surface area contributed by atoms with Crippen LogP contribution in [0.1, 0.15) is 45.4 Å². The number of hydrogen-bond acceptors (Lipinski definition) is 3. The summed E-state index contributed by atoms with van der Waals surface area (Å²) in [6.07, 6.45) is 4.80.